The van der Waals surface area contributed by atoms with Crippen LogP contribution < -0.4 is 5.32 Å². The van der Waals surface area contributed by atoms with E-state index in [-0.39, 0.29) is 24.3 Å². The summed E-state index contributed by atoms with van der Waals surface area (Å²) in [7, 11) is 0. The molecule has 0 aromatic heterocycles. The van der Waals surface area contributed by atoms with E-state index in [1.807, 2.05) is 6.92 Å². The first-order valence-electron chi connectivity index (χ1n) is 7.28. The number of nitrogens with one attached hydrogen (secondary N) is 1. The molecule has 2 aliphatic rings. The molecule has 0 spiro atoms. The van der Waals surface area contributed by atoms with Gasteiger partial charge in [-0.15, -0.1) is 11.8 Å². The van der Waals surface area contributed by atoms with Crippen molar-refractivity contribution in [3.8, 4) is 0 Å². The molecule has 2 atom stereocenters. The molecule has 0 bridgehead atoms. The minimum absolute atomic E-state index is 0.0125. The Morgan fingerprint density at radius 3 is 2.82 bits per heavy atom. The van der Waals surface area contributed by atoms with E-state index in [0.29, 0.717) is 23.6 Å². The van der Waals surface area contributed by atoms with Crippen LogP contribution in [0.5, 0.6) is 0 Å². The molecule has 2 aliphatic heterocycles. The highest BCUT2D eigenvalue weighted by molar-refractivity contribution is 8.03. The average Bonchev–Trinajstić information content (AvgIpc) is 2.92. The maximum Gasteiger partial charge on any atom is 0.352 e. The van der Waals surface area contributed by atoms with E-state index in [1.165, 1.54) is 11.8 Å². The SMILES string of the molecule is CCOC(=O)[C@@H]1CSC(C(C)N2CCCC2=O)=C(C(=O)O)N1. The lowest BCUT2D eigenvalue weighted by Gasteiger charge is -2.32. The third-order valence-electron chi connectivity index (χ3n) is 3.71. The van der Waals surface area contributed by atoms with Crippen molar-refractivity contribution in [2.75, 3.05) is 18.9 Å². The molecule has 0 aromatic carbocycles. The smallest absolute Gasteiger partial charge is 0.352 e. The number of carbonyl (C=O) groups excluding carboxylic acids is 2. The number of carbonyl (C=O) groups is 3. The van der Waals surface area contributed by atoms with Gasteiger partial charge in [-0.1, -0.05) is 0 Å². The number of thioether (sulfide) groups is 1. The van der Waals surface area contributed by atoms with Gasteiger partial charge in [0.15, 0.2) is 0 Å². The number of hydrogen-bond acceptors (Lipinski definition) is 6. The Kier molecular flexibility index (Phi) is 5.33. The molecule has 1 unspecified atom stereocenters. The van der Waals surface area contributed by atoms with Crippen molar-refractivity contribution in [3.05, 3.63) is 10.6 Å². The minimum atomic E-state index is -1.13. The van der Waals surface area contributed by atoms with Crippen molar-refractivity contribution in [2.24, 2.45) is 0 Å². The molecule has 2 heterocycles. The molecule has 0 aliphatic carbocycles. The summed E-state index contributed by atoms with van der Waals surface area (Å²) in [5, 5.41) is 12.2. The summed E-state index contributed by atoms with van der Waals surface area (Å²) < 4.78 is 4.93. The fourth-order valence-corrected chi connectivity index (χ4v) is 3.84. The number of hydrogen-bond donors (Lipinski definition) is 2. The van der Waals surface area contributed by atoms with Crippen LogP contribution >= 0.6 is 11.8 Å². The summed E-state index contributed by atoms with van der Waals surface area (Å²) in [5.74, 6) is -1.16. The number of likely N-dealkylation sites (tertiary alicyclic amines) is 1. The van der Waals surface area contributed by atoms with E-state index in [2.05, 4.69) is 5.32 Å². The van der Waals surface area contributed by atoms with Gasteiger partial charge >= 0.3 is 11.9 Å². The van der Waals surface area contributed by atoms with Crippen molar-refractivity contribution in [3.63, 3.8) is 0 Å². The monoisotopic (exact) mass is 328 g/mol. The predicted molar refractivity (Wildman–Crippen MR) is 81.1 cm³/mol. The van der Waals surface area contributed by atoms with E-state index in [0.717, 1.165) is 6.42 Å². The highest BCUT2D eigenvalue weighted by atomic mass is 32.2. The minimum Gasteiger partial charge on any atom is -0.477 e. The summed E-state index contributed by atoms with van der Waals surface area (Å²) >= 11 is 1.30. The molecule has 22 heavy (non-hydrogen) atoms. The van der Waals surface area contributed by atoms with E-state index < -0.39 is 18.0 Å². The fourth-order valence-electron chi connectivity index (χ4n) is 2.62. The van der Waals surface area contributed by atoms with Crippen LogP contribution in [-0.2, 0) is 19.1 Å². The van der Waals surface area contributed by atoms with E-state index >= 15 is 0 Å². The lowest BCUT2D eigenvalue weighted by molar-refractivity contribution is -0.145. The number of amides is 1. The fraction of sp³-hybridized carbons (Fsp3) is 0.643. The first kappa shape index (κ1) is 16.7. The Morgan fingerprint density at radius 1 is 1.55 bits per heavy atom. The van der Waals surface area contributed by atoms with E-state index in [4.69, 9.17) is 4.74 Å². The van der Waals surface area contributed by atoms with Crippen molar-refractivity contribution in [1.82, 2.24) is 10.2 Å². The van der Waals surface area contributed by atoms with Crippen molar-refractivity contribution < 1.29 is 24.2 Å². The number of rotatable bonds is 5. The van der Waals surface area contributed by atoms with Crippen LogP contribution in [0.2, 0.25) is 0 Å². The molecule has 0 saturated carbocycles. The van der Waals surface area contributed by atoms with Gasteiger partial charge in [0, 0.05) is 23.6 Å². The van der Waals surface area contributed by atoms with Crippen LogP contribution in [-0.4, -0.2) is 58.8 Å². The van der Waals surface area contributed by atoms with Crippen molar-refractivity contribution in [2.45, 2.75) is 38.8 Å². The quantitative estimate of drug-likeness (QED) is 0.712. The Hall–Kier alpha value is -1.70. The molecule has 8 heteroatoms. The van der Waals surface area contributed by atoms with Gasteiger partial charge in [0.2, 0.25) is 5.91 Å². The van der Waals surface area contributed by atoms with Crippen LogP contribution in [0.1, 0.15) is 26.7 Å². The van der Waals surface area contributed by atoms with Gasteiger partial charge in [-0.2, -0.15) is 0 Å². The average molecular weight is 328 g/mol. The van der Waals surface area contributed by atoms with Crippen LogP contribution in [0.4, 0.5) is 0 Å². The Morgan fingerprint density at radius 2 is 2.27 bits per heavy atom. The number of nitrogens with zero attached hydrogens (tertiary/aromatic N) is 1. The predicted octanol–water partition coefficient (Wildman–Crippen LogP) is 0.562. The normalized spacial score (nSPS) is 23.3. The highest BCUT2D eigenvalue weighted by Gasteiger charge is 2.36. The molecule has 1 saturated heterocycles. The second-order valence-electron chi connectivity index (χ2n) is 5.17. The van der Waals surface area contributed by atoms with Gasteiger partial charge in [-0.05, 0) is 20.3 Å². The summed E-state index contributed by atoms with van der Waals surface area (Å²) in [6.45, 7) is 4.41. The number of ether oxygens (including phenoxy) is 1. The molecule has 2 N–H and O–H groups in total. The zero-order valence-corrected chi connectivity index (χ0v) is 13.4. The topological polar surface area (TPSA) is 95.9 Å². The molecule has 2 rings (SSSR count). The summed E-state index contributed by atoms with van der Waals surface area (Å²) in [5.41, 5.74) is -0.0125. The second-order valence-corrected chi connectivity index (χ2v) is 6.23. The standard InChI is InChI=1S/C14H20N2O5S/c1-3-21-14(20)9-7-22-12(11(15-9)13(18)19)8(2)16-6-4-5-10(16)17/h8-9,15H,3-7H2,1-2H3,(H,18,19)/t8?,9-/m0/s1. The number of carboxylic acids is 1. The van der Waals surface area contributed by atoms with E-state index in [1.54, 1.807) is 11.8 Å². The Bertz CT molecular complexity index is 519. The number of esters is 1. The zero-order chi connectivity index (χ0) is 16.3. The highest BCUT2D eigenvalue weighted by Crippen LogP contribution is 2.32. The van der Waals surface area contributed by atoms with E-state index in [9.17, 15) is 19.5 Å². The molecule has 0 radical (unpaired) electrons. The lowest BCUT2D eigenvalue weighted by atomic mass is 10.2. The van der Waals surface area contributed by atoms with Crippen molar-refractivity contribution in [1.29, 1.82) is 0 Å². The molecular weight excluding hydrogens is 308 g/mol. The molecule has 122 valence electrons. The molecule has 7 nitrogen and oxygen atoms in total. The summed E-state index contributed by atoms with van der Waals surface area (Å²) in [6.07, 6.45) is 1.30. The number of carboxylic acid groups (broad SMARTS) is 1. The van der Waals surface area contributed by atoms with Crippen LogP contribution in [0, 0.1) is 0 Å². The van der Waals surface area contributed by atoms with Gasteiger partial charge in [-0.25, -0.2) is 9.59 Å². The van der Waals surface area contributed by atoms with Gasteiger partial charge < -0.3 is 20.1 Å². The van der Waals surface area contributed by atoms with Gasteiger partial charge in [0.1, 0.15) is 11.7 Å². The third-order valence-corrected chi connectivity index (χ3v) is 5.07. The third kappa shape index (κ3) is 3.37. The maximum absolute atomic E-state index is 11.8. The van der Waals surface area contributed by atoms with Gasteiger partial charge in [0.25, 0.3) is 0 Å². The Balaban J connectivity index is 2.20. The molecule has 1 fully saturated rings. The number of aliphatic carboxylic acids is 1. The summed E-state index contributed by atoms with van der Waals surface area (Å²) in [6, 6.07) is -0.983. The first-order valence-corrected chi connectivity index (χ1v) is 8.27. The van der Waals surface area contributed by atoms with Gasteiger partial charge in [-0.3, -0.25) is 4.79 Å². The second kappa shape index (κ2) is 7.04. The molecule has 1 amide bonds. The zero-order valence-electron chi connectivity index (χ0n) is 12.6. The summed E-state index contributed by atoms with van der Waals surface area (Å²) in [4.78, 5) is 37.4. The van der Waals surface area contributed by atoms with Crippen molar-refractivity contribution >= 4 is 29.6 Å². The lowest BCUT2D eigenvalue weighted by Crippen LogP contribution is -2.47. The molecule has 0 aromatic rings. The maximum atomic E-state index is 11.8. The first-order chi connectivity index (χ1) is 10.5. The Labute approximate surface area is 133 Å². The van der Waals surface area contributed by atoms with Gasteiger partial charge in [0.05, 0.1) is 12.6 Å². The molecular formula is C14H20N2O5S. The van der Waals surface area contributed by atoms with Crippen LogP contribution in [0.25, 0.3) is 0 Å². The van der Waals surface area contributed by atoms with Crippen LogP contribution in [0.3, 0.4) is 0 Å². The largest absolute Gasteiger partial charge is 0.477 e. The van der Waals surface area contributed by atoms with Crippen LogP contribution in [0.15, 0.2) is 10.6 Å².